The van der Waals surface area contributed by atoms with Gasteiger partial charge < -0.3 is 9.84 Å². The van der Waals surface area contributed by atoms with Crippen molar-refractivity contribution >= 4 is 23.3 Å². The number of carboxylic acid groups (broad SMARTS) is 1. The Balaban J connectivity index is 1.85. The van der Waals surface area contributed by atoms with Gasteiger partial charge in [-0.05, 0) is 17.0 Å². The molecule has 1 atom stereocenters. The molecule has 1 aromatic heterocycles. The molecule has 0 aliphatic carbocycles. The molecule has 5 heteroatoms. The highest BCUT2D eigenvalue weighted by atomic mass is 32.1. The number of hydrogen-bond donors (Lipinski definition) is 1. The van der Waals surface area contributed by atoms with Gasteiger partial charge in [0.1, 0.15) is 0 Å². The van der Waals surface area contributed by atoms with Crippen LogP contribution in [0.15, 0.2) is 47.8 Å². The molecule has 0 aliphatic heterocycles. The predicted molar refractivity (Wildman–Crippen MR) is 80.3 cm³/mol. The summed E-state index contributed by atoms with van der Waals surface area (Å²) in [6, 6.07) is 13.3. The van der Waals surface area contributed by atoms with Crippen LogP contribution in [0.4, 0.5) is 0 Å². The molecule has 2 rings (SSSR count). The van der Waals surface area contributed by atoms with Gasteiger partial charge >= 0.3 is 11.9 Å². The molecule has 2 aromatic rings. The van der Waals surface area contributed by atoms with Crippen LogP contribution in [0.2, 0.25) is 0 Å². The third-order valence-corrected chi connectivity index (χ3v) is 3.94. The first-order valence-corrected chi connectivity index (χ1v) is 7.50. The van der Waals surface area contributed by atoms with Crippen molar-refractivity contribution in [3.05, 3.63) is 58.3 Å². The largest absolute Gasteiger partial charge is 0.481 e. The summed E-state index contributed by atoms with van der Waals surface area (Å²) in [6.45, 7) is 0.192. The van der Waals surface area contributed by atoms with Gasteiger partial charge in [0.15, 0.2) is 5.92 Å². The quantitative estimate of drug-likeness (QED) is 0.631. The first-order chi connectivity index (χ1) is 10.2. The van der Waals surface area contributed by atoms with Gasteiger partial charge in [0.25, 0.3) is 0 Å². The van der Waals surface area contributed by atoms with Gasteiger partial charge in [-0.25, -0.2) is 0 Å². The highest BCUT2D eigenvalue weighted by molar-refractivity contribution is 7.09. The number of thiophene rings is 1. The Morgan fingerprint density at radius 2 is 1.90 bits per heavy atom. The number of ether oxygens (including phenoxy) is 1. The average molecular weight is 304 g/mol. The Labute approximate surface area is 127 Å². The molecule has 0 amide bonds. The summed E-state index contributed by atoms with van der Waals surface area (Å²) in [4.78, 5) is 24.0. The van der Waals surface area contributed by atoms with Gasteiger partial charge in [-0.15, -0.1) is 11.3 Å². The maximum atomic E-state index is 11.9. The second-order valence-corrected chi connectivity index (χ2v) is 5.61. The molecule has 0 saturated carbocycles. The van der Waals surface area contributed by atoms with Crippen LogP contribution in [-0.2, 0) is 27.2 Å². The molecule has 0 radical (unpaired) electrons. The molecule has 4 nitrogen and oxygen atoms in total. The van der Waals surface area contributed by atoms with Crippen LogP contribution in [-0.4, -0.2) is 23.7 Å². The Hall–Kier alpha value is -2.14. The summed E-state index contributed by atoms with van der Waals surface area (Å²) < 4.78 is 5.10. The molecule has 110 valence electrons. The van der Waals surface area contributed by atoms with E-state index in [4.69, 9.17) is 9.84 Å². The maximum Gasteiger partial charge on any atom is 0.320 e. The van der Waals surface area contributed by atoms with E-state index in [-0.39, 0.29) is 13.0 Å². The van der Waals surface area contributed by atoms with Crippen LogP contribution in [0.5, 0.6) is 0 Å². The van der Waals surface area contributed by atoms with Crippen molar-refractivity contribution in [1.82, 2.24) is 0 Å². The molecular formula is C16H16O4S. The Morgan fingerprint density at radius 3 is 2.52 bits per heavy atom. The highest BCUT2D eigenvalue weighted by Crippen LogP contribution is 2.16. The standard InChI is InChI=1S/C16H16O4S/c17-15(18)14(11-13-7-4-10-21-13)16(19)20-9-8-12-5-2-1-3-6-12/h1-7,10,14H,8-9,11H2,(H,17,18)/t14-/m1/s1. The molecule has 1 aromatic carbocycles. The number of aliphatic carboxylic acids is 1. The van der Waals surface area contributed by atoms with E-state index in [1.807, 2.05) is 47.8 Å². The summed E-state index contributed by atoms with van der Waals surface area (Å²) in [7, 11) is 0. The monoisotopic (exact) mass is 304 g/mol. The molecule has 0 fully saturated rings. The second-order valence-electron chi connectivity index (χ2n) is 4.58. The van der Waals surface area contributed by atoms with Crippen LogP contribution in [0, 0.1) is 5.92 Å². The molecule has 0 unspecified atom stereocenters. The summed E-state index contributed by atoms with van der Waals surface area (Å²) in [5, 5.41) is 11.0. The van der Waals surface area contributed by atoms with Gasteiger partial charge in [-0.2, -0.15) is 0 Å². The van der Waals surface area contributed by atoms with Gasteiger partial charge in [0.05, 0.1) is 6.61 Å². The van der Waals surface area contributed by atoms with Gasteiger partial charge in [-0.1, -0.05) is 36.4 Å². The number of hydrogen-bond acceptors (Lipinski definition) is 4. The van der Waals surface area contributed by atoms with E-state index in [1.54, 1.807) is 0 Å². The zero-order valence-electron chi connectivity index (χ0n) is 11.4. The molecule has 0 aliphatic rings. The lowest BCUT2D eigenvalue weighted by atomic mass is 10.1. The van der Waals surface area contributed by atoms with Crippen molar-refractivity contribution in [3.8, 4) is 0 Å². The lowest BCUT2D eigenvalue weighted by Crippen LogP contribution is -2.28. The van der Waals surface area contributed by atoms with Crippen LogP contribution < -0.4 is 0 Å². The maximum absolute atomic E-state index is 11.9. The smallest absolute Gasteiger partial charge is 0.320 e. The van der Waals surface area contributed by atoms with Crippen LogP contribution in [0.1, 0.15) is 10.4 Å². The lowest BCUT2D eigenvalue weighted by Gasteiger charge is -2.11. The molecule has 21 heavy (non-hydrogen) atoms. The Bertz CT molecular complexity index is 578. The molecule has 0 bridgehead atoms. The first kappa shape index (κ1) is 15.3. The number of rotatable bonds is 7. The van der Waals surface area contributed by atoms with Gasteiger partial charge in [0.2, 0.25) is 0 Å². The minimum atomic E-state index is -1.15. The number of carboxylic acids is 1. The van der Waals surface area contributed by atoms with E-state index in [0.29, 0.717) is 6.42 Å². The molecule has 0 saturated heterocycles. The SMILES string of the molecule is O=C(O)[C@@H](Cc1cccs1)C(=O)OCCc1ccccc1. The van der Waals surface area contributed by atoms with Crippen LogP contribution in [0.3, 0.4) is 0 Å². The van der Waals surface area contributed by atoms with Gasteiger partial charge in [-0.3, -0.25) is 9.59 Å². The molecule has 1 N–H and O–H groups in total. The van der Waals surface area contributed by atoms with E-state index in [9.17, 15) is 9.59 Å². The summed E-state index contributed by atoms with van der Waals surface area (Å²) in [5.74, 6) is -2.96. The van der Waals surface area contributed by atoms with Crippen molar-refractivity contribution < 1.29 is 19.4 Å². The lowest BCUT2D eigenvalue weighted by molar-refractivity contribution is -0.158. The van der Waals surface area contributed by atoms with Crippen molar-refractivity contribution in [3.63, 3.8) is 0 Å². The molecular weight excluding hydrogens is 288 g/mol. The second kappa shape index (κ2) is 7.59. The van der Waals surface area contributed by atoms with E-state index in [0.717, 1.165) is 10.4 Å². The molecule has 0 spiro atoms. The van der Waals surface area contributed by atoms with Crippen LogP contribution in [0.25, 0.3) is 0 Å². The van der Waals surface area contributed by atoms with Crippen molar-refractivity contribution in [2.45, 2.75) is 12.8 Å². The van der Waals surface area contributed by atoms with Gasteiger partial charge in [0, 0.05) is 17.7 Å². The van der Waals surface area contributed by atoms with E-state index >= 15 is 0 Å². The van der Waals surface area contributed by atoms with E-state index < -0.39 is 17.9 Å². The fraction of sp³-hybridized carbons (Fsp3) is 0.250. The minimum Gasteiger partial charge on any atom is -0.481 e. The minimum absolute atomic E-state index is 0.178. The van der Waals surface area contributed by atoms with Crippen molar-refractivity contribution in [1.29, 1.82) is 0 Å². The normalized spacial score (nSPS) is 11.8. The number of carbonyl (C=O) groups is 2. The fourth-order valence-corrected chi connectivity index (χ4v) is 2.67. The van der Waals surface area contributed by atoms with E-state index in [1.165, 1.54) is 11.3 Å². The summed E-state index contributed by atoms with van der Waals surface area (Å²) in [5.41, 5.74) is 1.05. The Morgan fingerprint density at radius 1 is 1.14 bits per heavy atom. The van der Waals surface area contributed by atoms with E-state index in [2.05, 4.69) is 0 Å². The topological polar surface area (TPSA) is 63.6 Å². The van der Waals surface area contributed by atoms with Crippen molar-refractivity contribution in [2.75, 3.05) is 6.61 Å². The third-order valence-electron chi connectivity index (χ3n) is 3.05. The van der Waals surface area contributed by atoms with Crippen LogP contribution >= 0.6 is 11.3 Å². The molecule has 1 heterocycles. The first-order valence-electron chi connectivity index (χ1n) is 6.62. The fourth-order valence-electron chi connectivity index (χ4n) is 1.92. The highest BCUT2D eigenvalue weighted by Gasteiger charge is 2.28. The third kappa shape index (κ3) is 4.72. The number of carbonyl (C=O) groups excluding carboxylic acids is 1. The summed E-state index contributed by atoms with van der Waals surface area (Å²) >= 11 is 1.44. The zero-order chi connectivity index (χ0) is 15.1. The average Bonchev–Trinajstić information content (AvgIpc) is 2.98. The number of benzene rings is 1. The predicted octanol–water partition coefficient (Wildman–Crippen LogP) is 2.78. The Kier molecular flexibility index (Phi) is 5.51. The van der Waals surface area contributed by atoms with Crippen molar-refractivity contribution in [2.24, 2.45) is 5.92 Å². The summed E-state index contributed by atoms with van der Waals surface area (Å²) in [6.07, 6.45) is 0.759. The zero-order valence-corrected chi connectivity index (χ0v) is 12.2. The number of esters is 1.